The van der Waals surface area contributed by atoms with Gasteiger partial charge in [-0.15, -0.1) is 12.4 Å². The molecule has 1 fully saturated rings. The van der Waals surface area contributed by atoms with Crippen LogP contribution >= 0.6 is 12.4 Å². The lowest BCUT2D eigenvalue weighted by Gasteiger charge is -2.27. The standard InChI is InChI=1S/C15H20N4O.ClH/c1-11(12-4-2-6-16-9-12)8-14-18-15(19-20-14)13-5-3-7-17-10-13;/h3,5,7,10-12,16H,2,4,6,8-9H2,1H3;1H. The Morgan fingerprint density at radius 2 is 2.38 bits per heavy atom. The summed E-state index contributed by atoms with van der Waals surface area (Å²) in [4.78, 5) is 8.55. The second-order valence-corrected chi connectivity index (χ2v) is 5.54. The summed E-state index contributed by atoms with van der Waals surface area (Å²) in [6, 6.07) is 3.82. The molecule has 114 valence electrons. The summed E-state index contributed by atoms with van der Waals surface area (Å²) < 4.78 is 5.37. The predicted octanol–water partition coefficient (Wildman–Crippen LogP) is 2.73. The molecule has 2 unspecified atom stereocenters. The van der Waals surface area contributed by atoms with E-state index < -0.39 is 0 Å². The largest absolute Gasteiger partial charge is 0.339 e. The molecule has 2 aromatic heterocycles. The molecule has 0 aliphatic carbocycles. The molecule has 0 radical (unpaired) electrons. The average molecular weight is 309 g/mol. The summed E-state index contributed by atoms with van der Waals surface area (Å²) in [7, 11) is 0. The first-order chi connectivity index (χ1) is 9.83. The van der Waals surface area contributed by atoms with Crippen LogP contribution in [0.15, 0.2) is 29.0 Å². The van der Waals surface area contributed by atoms with Crippen LogP contribution in [0.25, 0.3) is 11.4 Å². The molecule has 0 aromatic carbocycles. The van der Waals surface area contributed by atoms with Crippen molar-refractivity contribution in [3.63, 3.8) is 0 Å². The summed E-state index contributed by atoms with van der Waals surface area (Å²) >= 11 is 0. The van der Waals surface area contributed by atoms with Crippen LogP contribution in [0.1, 0.15) is 25.7 Å². The Labute approximate surface area is 131 Å². The van der Waals surface area contributed by atoms with E-state index in [1.54, 1.807) is 12.4 Å². The van der Waals surface area contributed by atoms with Gasteiger partial charge in [0.2, 0.25) is 11.7 Å². The van der Waals surface area contributed by atoms with Crippen molar-refractivity contribution < 1.29 is 4.52 Å². The number of aromatic nitrogens is 3. The summed E-state index contributed by atoms with van der Waals surface area (Å²) in [6.07, 6.45) is 6.89. The molecule has 1 N–H and O–H groups in total. The van der Waals surface area contributed by atoms with E-state index in [1.807, 2.05) is 12.1 Å². The number of pyridine rings is 1. The second-order valence-electron chi connectivity index (χ2n) is 5.54. The molecule has 2 aromatic rings. The molecule has 6 heteroatoms. The molecule has 1 aliphatic rings. The molecule has 5 nitrogen and oxygen atoms in total. The number of nitrogens with one attached hydrogen (secondary N) is 1. The van der Waals surface area contributed by atoms with Crippen LogP contribution < -0.4 is 5.32 Å². The number of hydrogen-bond donors (Lipinski definition) is 1. The first kappa shape index (κ1) is 15.9. The highest BCUT2D eigenvalue weighted by atomic mass is 35.5. The van der Waals surface area contributed by atoms with Crippen molar-refractivity contribution in [2.24, 2.45) is 11.8 Å². The lowest BCUT2D eigenvalue weighted by atomic mass is 9.85. The molecule has 0 saturated carbocycles. The minimum Gasteiger partial charge on any atom is -0.339 e. The van der Waals surface area contributed by atoms with Gasteiger partial charge in [0.15, 0.2) is 0 Å². The Bertz CT molecular complexity index is 540. The van der Waals surface area contributed by atoms with Gasteiger partial charge in [0, 0.05) is 24.4 Å². The van der Waals surface area contributed by atoms with E-state index in [4.69, 9.17) is 4.52 Å². The van der Waals surface area contributed by atoms with Gasteiger partial charge in [0.25, 0.3) is 0 Å². The molecular weight excluding hydrogens is 288 g/mol. The normalized spacial score (nSPS) is 19.8. The highest BCUT2D eigenvalue weighted by Crippen LogP contribution is 2.23. The Hall–Kier alpha value is -1.46. The van der Waals surface area contributed by atoms with Gasteiger partial charge in [-0.2, -0.15) is 4.98 Å². The predicted molar refractivity (Wildman–Crippen MR) is 83.2 cm³/mol. The summed E-state index contributed by atoms with van der Waals surface area (Å²) in [5.74, 6) is 2.62. The van der Waals surface area contributed by atoms with Gasteiger partial charge in [0.05, 0.1) is 0 Å². The second kappa shape index (κ2) is 7.52. The van der Waals surface area contributed by atoms with Crippen molar-refractivity contribution in [2.45, 2.75) is 26.2 Å². The third kappa shape index (κ3) is 4.02. The zero-order chi connectivity index (χ0) is 13.8. The van der Waals surface area contributed by atoms with Crippen LogP contribution in [-0.2, 0) is 6.42 Å². The van der Waals surface area contributed by atoms with Gasteiger partial charge < -0.3 is 9.84 Å². The quantitative estimate of drug-likeness (QED) is 0.941. The SMILES string of the molecule is CC(Cc1nc(-c2cccnc2)no1)C1CCCNC1.Cl. The van der Waals surface area contributed by atoms with Gasteiger partial charge >= 0.3 is 0 Å². The topological polar surface area (TPSA) is 63.8 Å². The van der Waals surface area contributed by atoms with Gasteiger partial charge in [-0.05, 0) is 49.9 Å². The Balaban J connectivity index is 0.00000161. The minimum atomic E-state index is 0. The molecule has 3 rings (SSSR count). The van der Waals surface area contributed by atoms with Crippen molar-refractivity contribution in [3.8, 4) is 11.4 Å². The first-order valence-corrected chi connectivity index (χ1v) is 7.26. The zero-order valence-electron chi connectivity index (χ0n) is 12.2. The lowest BCUT2D eigenvalue weighted by Crippen LogP contribution is -2.33. The molecule has 1 aliphatic heterocycles. The van der Waals surface area contributed by atoms with Crippen LogP contribution in [0, 0.1) is 11.8 Å². The maximum absolute atomic E-state index is 5.37. The third-order valence-electron chi connectivity index (χ3n) is 4.02. The van der Waals surface area contributed by atoms with Gasteiger partial charge in [-0.25, -0.2) is 0 Å². The minimum absolute atomic E-state index is 0. The van der Waals surface area contributed by atoms with Crippen molar-refractivity contribution >= 4 is 12.4 Å². The third-order valence-corrected chi connectivity index (χ3v) is 4.02. The van der Waals surface area contributed by atoms with Crippen molar-refractivity contribution in [2.75, 3.05) is 13.1 Å². The highest BCUT2D eigenvalue weighted by molar-refractivity contribution is 5.85. The Morgan fingerprint density at radius 1 is 1.48 bits per heavy atom. The monoisotopic (exact) mass is 308 g/mol. The first-order valence-electron chi connectivity index (χ1n) is 7.26. The molecule has 1 saturated heterocycles. The van der Waals surface area contributed by atoms with E-state index >= 15 is 0 Å². The molecule has 0 spiro atoms. The Morgan fingerprint density at radius 3 is 3.10 bits per heavy atom. The lowest BCUT2D eigenvalue weighted by molar-refractivity contribution is 0.257. The van der Waals surface area contributed by atoms with E-state index in [2.05, 4.69) is 27.4 Å². The fourth-order valence-corrected chi connectivity index (χ4v) is 2.76. The van der Waals surface area contributed by atoms with Crippen LogP contribution in [0.2, 0.25) is 0 Å². The molecule has 2 atom stereocenters. The molecular formula is C15H21ClN4O. The molecule has 21 heavy (non-hydrogen) atoms. The van der Waals surface area contributed by atoms with Crippen LogP contribution in [0.4, 0.5) is 0 Å². The maximum Gasteiger partial charge on any atom is 0.227 e. The van der Waals surface area contributed by atoms with E-state index in [0.29, 0.717) is 17.7 Å². The maximum atomic E-state index is 5.37. The van der Waals surface area contributed by atoms with Gasteiger partial charge in [-0.1, -0.05) is 12.1 Å². The average Bonchev–Trinajstić information content (AvgIpc) is 2.97. The number of nitrogens with zero attached hydrogens (tertiary/aromatic N) is 3. The number of piperidine rings is 1. The zero-order valence-corrected chi connectivity index (χ0v) is 13.0. The fraction of sp³-hybridized carbons (Fsp3) is 0.533. The summed E-state index contributed by atoms with van der Waals surface area (Å²) in [6.45, 7) is 4.52. The molecule has 3 heterocycles. The molecule has 0 amide bonds. The Kier molecular flexibility index (Phi) is 5.70. The number of hydrogen-bond acceptors (Lipinski definition) is 5. The van der Waals surface area contributed by atoms with Crippen LogP contribution in [0.5, 0.6) is 0 Å². The van der Waals surface area contributed by atoms with E-state index in [1.165, 1.54) is 12.8 Å². The smallest absolute Gasteiger partial charge is 0.227 e. The fourth-order valence-electron chi connectivity index (χ4n) is 2.76. The van der Waals surface area contributed by atoms with E-state index in [9.17, 15) is 0 Å². The summed E-state index contributed by atoms with van der Waals surface area (Å²) in [5.41, 5.74) is 0.898. The van der Waals surface area contributed by atoms with Crippen LogP contribution in [-0.4, -0.2) is 28.2 Å². The summed E-state index contributed by atoms with van der Waals surface area (Å²) in [5, 5.41) is 7.50. The number of halogens is 1. The highest BCUT2D eigenvalue weighted by Gasteiger charge is 2.22. The van der Waals surface area contributed by atoms with Crippen LogP contribution in [0.3, 0.4) is 0 Å². The van der Waals surface area contributed by atoms with E-state index in [0.717, 1.165) is 31.0 Å². The van der Waals surface area contributed by atoms with Gasteiger partial charge in [-0.3, -0.25) is 4.98 Å². The van der Waals surface area contributed by atoms with Crippen molar-refractivity contribution in [1.82, 2.24) is 20.4 Å². The van der Waals surface area contributed by atoms with Gasteiger partial charge in [0.1, 0.15) is 0 Å². The van der Waals surface area contributed by atoms with E-state index in [-0.39, 0.29) is 12.4 Å². The number of rotatable bonds is 4. The van der Waals surface area contributed by atoms with Crippen molar-refractivity contribution in [1.29, 1.82) is 0 Å². The van der Waals surface area contributed by atoms with Crippen molar-refractivity contribution in [3.05, 3.63) is 30.4 Å². The molecule has 0 bridgehead atoms.